The smallest absolute Gasteiger partial charge is 0.331 e. The summed E-state index contributed by atoms with van der Waals surface area (Å²) in [6, 6.07) is 7.36. The molecule has 1 aromatic carbocycles. The van der Waals surface area contributed by atoms with Crippen molar-refractivity contribution in [1.82, 2.24) is 9.38 Å². The number of hydrogen-bond donors (Lipinski definition) is 0. The predicted molar refractivity (Wildman–Crippen MR) is 96.0 cm³/mol. The van der Waals surface area contributed by atoms with Gasteiger partial charge in [0.15, 0.2) is 4.96 Å². The molecule has 0 amide bonds. The summed E-state index contributed by atoms with van der Waals surface area (Å²) in [5, 5.41) is 12.7. The summed E-state index contributed by atoms with van der Waals surface area (Å²) >= 11 is 1.32. The van der Waals surface area contributed by atoms with Crippen molar-refractivity contribution in [2.45, 2.75) is 13.5 Å². The summed E-state index contributed by atoms with van der Waals surface area (Å²) in [6.45, 7) is 1.64. The molecule has 3 aromatic rings. The van der Waals surface area contributed by atoms with Gasteiger partial charge in [0.25, 0.3) is 11.2 Å². The molecule has 0 radical (unpaired) electrons. The number of rotatable bonds is 5. The van der Waals surface area contributed by atoms with Gasteiger partial charge in [-0.1, -0.05) is 12.1 Å². The normalized spacial score (nSPS) is 11.1. The molecule has 0 unspecified atom stereocenters. The Kier molecular flexibility index (Phi) is 4.90. The third-order valence-corrected chi connectivity index (χ3v) is 4.47. The fourth-order valence-electron chi connectivity index (χ4n) is 2.32. The summed E-state index contributed by atoms with van der Waals surface area (Å²) in [7, 11) is 0. The van der Waals surface area contributed by atoms with Gasteiger partial charge in [0.2, 0.25) is 0 Å². The first-order valence-electron chi connectivity index (χ1n) is 7.51. The lowest BCUT2D eigenvalue weighted by Gasteiger charge is -2.02. The van der Waals surface area contributed by atoms with Gasteiger partial charge in [-0.05, 0) is 19.1 Å². The van der Waals surface area contributed by atoms with E-state index in [1.54, 1.807) is 19.1 Å². The fraction of sp³-hybridized carbons (Fsp3) is 0.118. The van der Waals surface area contributed by atoms with Crippen LogP contribution in [0.15, 0.2) is 46.6 Å². The highest BCUT2D eigenvalue weighted by Crippen LogP contribution is 2.19. The van der Waals surface area contributed by atoms with Crippen molar-refractivity contribution in [3.8, 4) is 0 Å². The standard InChI is InChI=1S/C17H13N3O5S/c1-11-10-26-17-18-13(8-15(21)19(11)17)9-25-16(22)7-6-12-4-2-3-5-14(12)20(23)24/h2-8,10H,9H2,1H3/b7-6+. The minimum absolute atomic E-state index is 0.107. The lowest BCUT2D eigenvalue weighted by atomic mass is 10.1. The molecule has 0 aliphatic heterocycles. The van der Waals surface area contributed by atoms with Crippen molar-refractivity contribution in [1.29, 1.82) is 0 Å². The number of aryl methyl sites for hydroxylation is 1. The molecule has 0 aliphatic rings. The Morgan fingerprint density at radius 2 is 2.19 bits per heavy atom. The maximum Gasteiger partial charge on any atom is 0.331 e. The van der Waals surface area contributed by atoms with E-state index in [1.807, 2.05) is 5.38 Å². The number of thiazole rings is 1. The number of para-hydroxylation sites is 1. The van der Waals surface area contributed by atoms with E-state index in [0.717, 1.165) is 11.8 Å². The van der Waals surface area contributed by atoms with E-state index in [4.69, 9.17) is 4.74 Å². The van der Waals surface area contributed by atoms with E-state index in [9.17, 15) is 19.7 Å². The molecule has 132 valence electrons. The Balaban J connectivity index is 1.70. The minimum Gasteiger partial charge on any atom is -0.456 e. The zero-order chi connectivity index (χ0) is 18.7. The molecule has 8 nitrogen and oxygen atoms in total. The summed E-state index contributed by atoms with van der Waals surface area (Å²) in [5.41, 5.74) is 1.07. The molecule has 0 bridgehead atoms. The zero-order valence-corrected chi connectivity index (χ0v) is 14.4. The second-order valence-corrected chi connectivity index (χ2v) is 6.17. The molecule has 0 saturated carbocycles. The average molecular weight is 371 g/mol. The molecule has 0 spiro atoms. The van der Waals surface area contributed by atoms with Crippen LogP contribution in [0.5, 0.6) is 0 Å². The largest absolute Gasteiger partial charge is 0.456 e. The lowest BCUT2D eigenvalue weighted by molar-refractivity contribution is -0.385. The molecule has 26 heavy (non-hydrogen) atoms. The second kappa shape index (κ2) is 7.28. The molecule has 0 fully saturated rings. The van der Waals surface area contributed by atoms with Crippen LogP contribution in [0.2, 0.25) is 0 Å². The molecular formula is C17H13N3O5S. The molecule has 0 atom stereocenters. The van der Waals surface area contributed by atoms with Gasteiger partial charge in [-0.2, -0.15) is 0 Å². The molecular weight excluding hydrogens is 358 g/mol. The number of fused-ring (bicyclic) bond motifs is 1. The zero-order valence-electron chi connectivity index (χ0n) is 13.6. The Bertz CT molecular complexity index is 1080. The van der Waals surface area contributed by atoms with Gasteiger partial charge in [0.05, 0.1) is 16.2 Å². The Morgan fingerprint density at radius 1 is 1.42 bits per heavy atom. The minimum atomic E-state index is -0.687. The molecule has 2 heterocycles. The molecule has 0 N–H and O–H groups in total. The molecule has 0 aliphatic carbocycles. The first kappa shape index (κ1) is 17.5. The summed E-state index contributed by atoms with van der Waals surface area (Å²) in [4.78, 5) is 39.1. The first-order valence-corrected chi connectivity index (χ1v) is 8.38. The van der Waals surface area contributed by atoms with Gasteiger partial charge in [0, 0.05) is 29.3 Å². The fourth-order valence-corrected chi connectivity index (χ4v) is 3.21. The highest BCUT2D eigenvalue weighted by atomic mass is 32.1. The van der Waals surface area contributed by atoms with E-state index >= 15 is 0 Å². The van der Waals surface area contributed by atoms with Gasteiger partial charge >= 0.3 is 5.97 Å². The van der Waals surface area contributed by atoms with Crippen LogP contribution in [0.3, 0.4) is 0 Å². The number of aromatic nitrogens is 2. The SMILES string of the molecule is Cc1csc2nc(COC(=O)/C=C/c3ccccc3[N+](=O)[O-])cc(=O)n12. The lowest BCUT2D eigenvalue weighted by Crippen LogP contribution is -2.16. The van der Waals surface area contributed by atoms with Crippen molar-refractivity contribution in [3.05, 3.63) is 79.2 Å². The number of carbonyl (C=O) groups excluding carboxylic acids is 1. The van der Waals surface area contributed by atoms with Gasteiger partial charge in [0.1, 0.15) is 6.61 Å². The molecule has 9 heteroatoms. The van der Waals surface area contributed by atoms with Crippen LogP contribution in [-0.4, -0.2) is 20.3 Å². The Hall–Kier alpha value is -3.33. The van der Waals surface area contributed by atoms with E-state index in [1.165, 1.54) is 40.0 Å². The third-order valence-electron chi connectivity index (χ3n) is 3.52. The second-order valence-electron chi connectivity index (χ2n) is 5.34. The molecule has 0 saturated heterocycles. The van der Waals surface area contributed by atoms with Crippen LogP contribution in [0.1, 0.15) is 17.0 Å². The number of carbonyl (C=O) groups is 1. The summed E-state index contributed by atoms with van der Waals surface area (Å²) < 4.78 is 6.54. The van der Waals surface area contributed by atoms with Crippen LogP contribution in [0.25, 0.3) is 11.0 Å². The van der Waals surface area contributed by atoms with E-state index in [0.29, 0.717) is 16.2 Å². The number of esters is 1. The molecule has 2 aromatic heterocycles. The first-order chi connectivity index (χ1) is 12.5. The number of ether oxygens (including phenoxy) is 1. The van der Waals surface area contributed by atoms with Crippen molar-refractivity contribution in [2.75, 3.05) is 0 Å². The number of hydrogen-bond acceptors (Lipinski definition) is 7. The van der Waals surface area contributed by atoms with Crippen molar-refractivity contribution in [2.24, 2.45) is 0 Å². The van der Waals surface area contributed by atoms with Crippen LogP contribution < -0.4 is 5.56 Å². The summed E-state index contributed by atoms with van der Waals surface area (Å²) in [6.07, 6.45) is 2.41. The van der Waals surface area contributed by atoms with Gasteiger partial charge in [-0.25, -0.2) is 9.78 Å². The van der Waals surface area contributed by atoms with Crippen LogP contribution in [0, 0.1) is 17.0 Å². The van der Waals surface area contributed by atoms with Gasteiger partial charge in [-0.15, -0.1) is 11.3 Å². The number of nitro benzene ring substituents is 1. The third kappa shape index (κ3) is 3.67. The predicted octanol–water partition coefficient (Wildman–Crippen LogP) is 2.73. The van der Waals surface area contributed by atoms with E-state index in [-0.39, 0.29) is 17.9 Å². The summed E-state index contributed by atoms with van der Waals surface area (Å²) in [5.74, 6) is -0.687. The van der Waals surface area contributed by atoms with Crippen molar-refractivity contribution in [3.63, 3.8) is 0 Å². The monoisotopic (exact) mass is 371 g/mol. The van der Waals surface area contributed by atoms with Crippen LogP contribution in [-0.2, 0) is 16.1 Å². The number of nitrogens with zero attached hydrogens (tertiary/aromatic N) is 3. The Labute approximate surface area is 151 Å². The van der Waals surface area contributed by atoms with Crippen molar-refractivity contribution >= 4 is 34.0 Å². The average Bonchev–Trinajstić information content (AvgIpc) is 2.99. The van der Waals surface area contributed by atoms with E-state index < -0.39 is 10.9 Å². The van der Waals surface area contributed by atoms with Gasteiger partial charge in [-0.3, -0.25) is 19.3 Å². The quantitative estimate of drug-likeness (QED) is 0.296. The highest BCUT2D eigenvalue weighted by molar-refractivity contribution is 7.15. The molecule has 3 rings (SSSR count). The number of nitro groups is 1. The topological polar surface area (TPSA) is 104 Å². The van der Waals surface area contributed by atoms with E-state index in [2.05, 4.69) is 4.98 Å². The maximum absolute atomic E-state index is 12.0. The maximum atomic E-state index is 12.0. The highest BCUT2D eigenvalue weighted by Gasteiger charge is 2.11. The van der Waals surface area contributed by atoms with Crippen LogP contribution in [0.4, 0.5) is 5.69 Å². The van der Waals surface area contributed by atoms with Crippen molar-refractivity contribution < 1.29 is 14.5 Å². The van der Waals surface area contributed by atoms with Crippen LogP contribution >= 0.6 is 11.3 Å². The number of benzene rings is 1. The van der Waals surface area contributed by atoms with Gasteiger partial charge < -0.3 is 4.74 Å². The Morgan fingerprint density at radius 3 is 2.96 bits per heavy atom.